The minimum atomic E-state index is -0.320. The van der Waals surface area contributed by atoms with E-state index in [4.69, 9.17) is 14.2 Å². The first-order valence-corrected chi connectivity index (χ1v) is 9.13. The Morgan fingerprint density at radius 1 is 1.17 bits per heavy atom. The number of hydrogen-bond acceptors (Lipinski definition) is 5. The fourth-order valence-electron chi connectivity index (χ4n) is 4.44. The van der Waals surface area contributed by atoms with Gasteiger partial charge in [-0.3, -0.25) is 0 Å². The smallest absolute Gasteiger partial charge is 0.193 e. The standard InChI is InChI=1S/C17H31NO5/c1-17(13-19)12-18(20,15-6-2-4-9-21-15)14(17)8-11-23-16-7-3-5-10-22-16/h14-16,19H,2-13H2,1H3. The molecule has 3 heterocycles. The molecule has 1 N–H and O–H groups in total. The molecule has 0 aliphatic carbocycles. The van der Waals surface area contributed by atoms with Crippen molar-refractivity contribution < 1.29 is 24.0 Å². The van der Waals surface area contributed by atoms with Crippen LogP contribution in [-0.4, -0.2) is 61.3 Å². The van der Waals surface area contributed by atoms with E-state index in [2.05, 4.69) is 0 Å². The summed E-state index contributed by atoms with van der Waals surface area (Å²) in [4.78, 5) is 0. The van der Waals surface area contributed by atoms with Gasteiger partial charge in [0.2, 0.25) is 0 Å². The van der Waals surface area contributed by atoms with Gasteiger partial charge < -0.3 is 29.2 Å². The Morgan fingerprint density at radius 3 is 2.52 bits per heavy atom. The van der Waals surface area contributed by atoms with Crippen LogP contribution in [0.15, 0.2) is 0 Å². The fourth-order valence-corrected chi connectivity index (χ4v) is 4.44. The molecule has 0 aromatic rings. The zero-order chi connectivity index (χ0) is 16.3. The predicted molar refractivity (Wildman–Crippen MR) is 85.2 cm³/mol. The van der Waals surface area contributed by atoms with Crippen LogP contribution in [0.25, 0.3) is 0 Å². The van der Waals surface area contributed by atoms with Crippen LogP contribution in [0.3, 0.4) is 0 Å². The maximum atomic E-state index is 13.3. The van der Waals surface area contributed by atoms with Crippen LogP contribution >= 0.6 is 0 Å². The Bertz CT molecular complexity index is 383. The lowest BCUT2D eigenvalue weighted by atomic mass is 9.71. The average Bonchev–Trinajstić information content (AvgIpc) is 2.60. The van der Waals surface area contributed by atoms with Gasteiger partial charge in [0.05, 0.1) is 31.8 Å². The summed E-state index contributed by atoms with van der Waals surface area (Å²) >= 11 is 0. The molecule has 5 atom stereocenters. The van der Waals surface area contributed by atoms with Crippen LogP contribution in [-0.2, 0) is 14.2 Å². The first-order valence-electron chi connectivity index (χ1n) is 9.13. The van der Waals surface area contributed by atoms with Crippen molar-refractivity contribution in [3.8, 4) is 0 Å². The van der Waals surface area contributed by atoms with E-state index in [1.54, 1.807) is 0 Å². The van der Waals surface area contributed by atoms with Gasteiger partial charge in [0.1, 0.15) is 6.04 Å². The summed E-state index contributed by atoms with van der Waals surface area (Å²) in [6.45, 7) is 4.46. The Labute approximate surface area is 138 Å². The zero-order valence-corrected chi connectivity index (χ0v) is 14.2. The molecule has 6 heteroatoms. The molecule has 0 amide bonds. The Kier molecular flexibility index (Phi) is 5.61. The summed E-state index contributed by atoms with van der Waals surface area (Å²) < 4.78 is 16.8. The third-order valence-electron chi connectivity index (χ3n) is 5.78. The van der Waals surface area contributed by atoms with Gasteiger partial charge in [0.15, 0.2) is 12.5 Å². The van der Waals surface area contributed by atoms with Crippen molar-refractivity contribution in [3.63, 3.8) is 0 Å². The molecule has 134 valence electrons. The Balaban J connectivity index is 1.56. The molecule has 0 spiro atoms. The summed E-state index contributed by atoms with van der Waals surface area (Å²) in [7, 11) is 0. The summed E-state index contributed by atoms with van der Waals surface area (Å²) in [6.07, 6.45) is 6.37. The largest absolute Gasteiger partial charge is 0.631 e. The highest BCUT2D eigenvalue weighted by atomic mass is 16.7. The maximum absolute atomic E-state index is 13.3. The van der Waals surface area contributed by atoms with Crippen LogP contribution in [0.1, 0.15) is 51.9 Å². The van der Waals surface area contributed by atoms with Crippen molar-refractivity contribution in [1.82, 2.24) is 0 Å². The molecule has 0 radical (unpaired) electrons. The van der Waals surface area contributed by atoms with Crippen molar-refractivity contribution in [2.45, 2.75) is 70.4 Å². The summed E-state index contributed by atoms with van der Waals surface area (Å²) in [5.74, 6) is 0. The van der Waals surface area contributed by atoms with E-state index in [0.717, 1.165) is 45.1 Å². The third-order valence-corrected chi connectivity index (χ3v) is 5.78. The van der Waals surface area contributed by atoms with Gasteiger partial charge >= 0.3 is 0 Å². The van der Waals surface area contributed by atoms with E-state index in [0.29, 0.717) is 26.2 Å². The molecule has 0 bridgehead atoms. The van der Waals surface area contributed by atoms with Crippen LogP contribution < -0.4 is 0 Å². The maximum Gasteiger partial charge on any atom is 0.193 e. The van der Waals surface area contributed by atoms with Gasteiger partial charge in [-0.2, -0.15) is 0 Å². The van der Waals surface area contributed by atoms with Crippen LogP contribution in [0.2, 0.25) is 0 Å². The molecule has 3 aliphatic heterocycles. The minimum absolute atomic E-state index is 0.0482. The first-order chi connectivity index (χ1) is 11.1. The molecule has 0 aromatic heterocycles. The highest BCUT2D eigenvalue weighted by Crippen LogP contribution is 2.48. The number of ether oxygens (including phenoxy) is 3. The van der Waals surface area contributed by atoms with E-state index >= 15 is 0 Å². The van der Waals surface area contributed by atoms with Crippen molar-refractivity contribution >= 4 is 0 Å². The van der Waals surface area contributed by atoms with Crippen LogP contribution in [0, 0.1) is 10.6 Å². The van der Waals surface area contributed by atoms with E-state index in [1.807, 2.05) is 6.92 Å². The number of hydrogen-bond donors (Lipinski definition) is 1. The third kappa shape index (κ3) is 3.57. The molecule has 3 rings (SSSR count). The second-order valence-electron chi connectivity index (χ2n) is 7.62. The van der Waals surface area contributed by atoms with E-state index in [9.17, 15) is 10.3 Å². The molecule has 0 saturated carbocycles. The van der Waals surface area contributed by atoms with Crippen LogP contribution in [0.4, 0.5) is 0 Å². The molecule has 23 heavy (non-hydrogen) atoms. The highest BCUT2D eigenvalue weighted by molar-refractivity contribution is 4.94. The number of nitrogens with zero attached hydrogens (tertiary/aromatic N) is 1. The van der Waals surface area contributed by atoms with Crippen molar-refractivity contribution in [2.24, 2.45) is 5.41 Å². The van der Waals surface area contributed by atoms with E-state index < -0.39 is 0 Å². The van der Waals surface area contributed by atoms with Crippen molar-refractivity contribution in [3.05, 3.63) is 5.21 Å². The number of likely N-dealkylation sites (tertiary alicyclic amines) is 1. The number of hydroxylamine groups is 3. The first kappa shape index (κ1) is 17.6. The predicted octanol–water partition coefficient (Wildman–Crippen LogP) is 2.14. The lowest BCUT2D eigenvalue weighted by Gasteiger charge is -2.68. The molecule has 3 fully saturated rings. The summed E-state index contributed by atoms with van der Waals surface area (Å²) in [5, 5.41) is 23.1. The molecule has 3 aliphatic rings. The van der Waals surface area contributed by atoms with Crippen molar-refractivity contribution in [1.29, 1.82) is 0 Å². The van der Waals surface area contributed by atoms with E-state index in [-0.39, 0.29) is 35.2 Å². The van der Waals surface area contributed by atoms with Crippen molar-refractivity contribution in [2.75, 3.05) is 33.0 Å². The van der Waals surface area contributed by atoms with Gasteiger partial charge in [-0.25, -0.2) is 0 Å². The Morgan fingerprint density at radius 2 is 1.91 bits per heavy atom. The topological polar surface area (TPSA) is 71.0 Å². The van der Waals surface area contributed by atoms with E-state index in [1.165, 1.54) is 0 Å². The number of aliphatic hydroxyl groups is 1. The summed E-state index contributed by atoms with van der Waals surface area (Å²) in [5.41, 5.74) is -0.320. The van der Waals surface area contributed by atoms with Gasteiger partial charge in [0, 0.05) is 19.4 Å². The average molecular weight is 329 g/mol. The van der Waals surface area contributed by atoms with Gasteiger partial charge in [0.25, 0.3) is 0 Å². The highest BCUT2D eigenvalue weighted by Gasteiger charge is 2.60. The second-order valence-corrected chi connectivity index (χ2v) is 7.62. The number of rotatable bonds is 6. The zero-order valence-electron chi connectivity index (χ0n) is 14.2. The monoisotopic (exact) mass is 329 g/mol. The molecule has 5 unspecified atom stereocenters. The molecular weight excluding hydrogens is 298 g/mol. The lowest BCUT2D eigenvalue weighted by Crippen LogP contribution is -2.77. The Hall–Kier alpha value is -0.240. The number of quaternary nitrogens is 1. The second kappa shape index (κ2) is 7.33. The SMILES string of the molecule is CC1(CO)C[N+]([O-])(C2CCCCO2)C1CCOC1CCCCO1. The van der Waals surface area contributed by atoms with Gasteiger partial charge in [-0.1, -0.05) is 0 Å². The minimum Gasteiger partial charge on any atom is -0.631 e. The van der Waals surface area contributed by atoms with Gasteiger partial charge in [-0.15, -0.1) is 0 Å². The van der Waals surface area contributed by atoms with Crippen LogP contribution in [0.5, 0.6) is 0 Å². The molecule has 6 nitrogen and oxygen atoms in total. The summed E-state index contributed by atoms with van der Waals surface area (Å²) in [6, 6.07) is -0.154. The number of aliphatic hydroxyl groups excluding tert-OH is 1. The molecular formula is C17H31NO5. The van der Waals surface area contributed by atoms with Gasteiger partial charge in [-0.05, 0) is 39.0 Å². The lowest BCUT2D eigenvalue weighted by molar-refractivity contribution is -1.01. The molecule has 3 saturated heterocycles. The molecule has 0 aromatic carbocycles. The quantitative estimate of drug-likeness (QED) is 0.597. The normalized spacial score (nSPS) is 44.7. The fraction of sp³-hybridized carbons (Fsp3) is 1.00.